The Labute approximate surface area is 229 Å². The zero-order valence-corrected chi connectivity index (χ0v) is 22.6. The number of piperazine rings is 1. The number of benzene rings is 4. The maximum Gasteiger partial charge on any atom is 0.266 e. The molecule has 1 atom stereocenters. The molecule has 0 radical (unpaired) electrons. The maximum absolute atomic E-state index is 13.7. The van der Waals surface area contributed by atoms with Gasteiger partial charge in [0.05, 0.1) is 22.6 Å². The van der Waals surface area contributed by atoms with E-state index in [2.05, 4.69) is 27.8 Å². The second-order valence-electron chi connectivity index (χ2n) is 9.63. The molecule has 1 unspecified atom stereocenters. The summed E-state index contributed by atoms with van der Waals surface area (Å²) < 4.78 is 2.68. The molecule has 2 heterocycles. The third kappa shape index (κ3) is 4.42. The van der Waals surface area contributed by atoms with Gasteiger partial charge in [-0.1, -0.05) is 64.5 Å². The molecule has 1 fully saturated rings. The van der Waals surface area contributed by atoms with Crippen molar-refractivity contribution in [2.45, 2.75) is 13.0 Å². The molecule has 4 aromatic carbocycles. The predicted octanol–water partition coefficient (Wildman–Crippen LogP) is 5.82. The third-order valence-electron chi connectivity index (χ3n) is 7.43. The van der Waals surface area contributed by atoms with E-state index in [4.69, 9.17) is 4.98 Å². The summed E-state index contributed by atoms with van der Waals surface area (Å²) in [7, 11) is 0. The van der Waals surface area contributed by atoms with Gasteiger partial charge in [0.1, 0.15) is 5.82 Å². The number of carbonyl (C=O) groups excluding carboxylic acids is 1. The van der Waals surface area contributed by atoms with Crippen LogP contribution in [0.4, 0.5) is 0 Å². The molecule has 1 saturated heterocycles. The topological polar surface area (TPSA) is 58.4 Å². The van der Waals surface area contributed by atoms with Crippen LogP contribution in [0.1, 0.15) is 29.1 Å². The van der Waals surface area contributed by atoms with Crippen LogP contribution in [0.2, 0.25) is 0 Å². The Kier molecular flexibility index (Phi) is 6.55. The van der Waals surface area contributed by atoms with Crippen molar-refractivity contribution < 1.29 is 4.79 Å². The number of carbonyl (C=O) groups is 1. The van der Waals surface area contributed by atoms with Gasteiger partial charge in [0, 0.05) is 36.2 Å². The molecule has 190 valence electrons. The van der Waals surface area contributed by atoms with Crippen LogP contribution in [-0.2, 0) is 0 Å². The summed E-state index contributed by atoms with van der Waals surface area (Å²) in [5.41, 5.74) is 2.13. The zero-order valence-electron chi connectivity index (χ0n) is 21.0. The Morgan fingerprint density at radius 2 is 1.47 bits per heavy atom. The lowest BCUT2D eigenvalue weighted by molar-refractivity contribution is 0.0575. The Balaban J connectivity index is 1.29. The number of hydrogen-bond acceptors (Lipinski definition) is 4. The van der Waals surface area contributed by atoms with Crippen molar-refractivity contribution in [1.82, 2.24) is 19.4 Å². The van der Waals surface area contributed by atoms with Crippen LogP contribution >= 0.6 is 15.9 Å². The largest absolute Gasteiger partial charge is 0.336 e. The molecule has 0 saturated carbocycles. The summed E-state index contributed by atoms with van der Waals surface area (Å²) in [6, 6.07) is 29.0. The average Bonchev–Trinajstić information content (AvgIpc) is 2.97. The zero-order chi connectivity index (χ0) is 26.2. The molecule has 1 amide bonds. The van der Waals surface area contributed by atoms with E-state index in [1.165, 1.54) is 0 Å². The number of halogens is 1. The quantitative estimate of drug-likeness (QED) is 0.275. The van der Waals surface area contributed by atoms with E-state index in [0.29, 0.717) is 42.9 Å². The molecule has 7 heteroatoms. The lowest BCUT2D eigenvalue weighted by atomic mass is 10.0. The Morgan fingerprint density at radius 3 is 2.24 bits per heavy atom. The van der Waals surface area contributed by atoms with Crippen molar-refractivity contribution in [3.05, 3.63) is 117 Å². The van der Waals surface area contributed by atoms with Crippen LogP contribution in [0.25, 0.3) is 27.4 Å². The van der Waals surface area contributed by atoms with Gasteiger partial charge in [-0.05, 0) is 60.2 Å². The first-order chi connectivity index (χ1) is 18.5. The highest BCUT2D eigenvalue weighted by Gasteiger charge is 2.29. The normalized spacial score (nSPS) is 15.2. The van der Waals surface area contributed by atoms with E-state index in [-0.39, 0.29) is 17.5 Å². The summed E-state index contributed by atoms with van der Waals surface area (Å²) in [5.74, 6) is 0.759. The number of aromatic nitrogens is 2. The van der Waals surface area contributed by atoms with Crippen molar-refractivity contribution in [3.63, 3.8) is 0 Å². The second kappa shape index (κ2) is 10.2. The first-order valence-corrected chi connectivity index (χ1v) is 13.6. The van der Waals surface area contributed by atoms with E-state index in [1.807, 2.05) is 95.9 Å². The summed E-state index contributed by atoms with van der Waals surface area (Å²) in [4.78, 5) is 36.3. The fourth-order valence-electron chi connectivity index (χ4n) is 5.33. The van der Waals surface area contributed by atoms with Gasteiger partial charge in [-0.15, -0.1) is 0 Å². The van der Waals surface area contributed by atoms with Gasteiger partial charge in [-0.3, -0.25) is 19.1 Å². The number of rotatable bonds is 4. The number of para-hydroxylation sites is 1. The third-order valence-corrected chi connectivity index (χ3v) is 7.96. The summed E-state index contributed by atoms with van der Waals surface area (Å²) in [5, 5.41) is 2.64. The molecule has 0 aliphatic carbocycles. The van der Waals surface area contributed by atoms with E-state index in [1.54, 1.807) is 4.57 Å². The fraction of sp³-hybridized carbons (Fsp3) is 0.194. The number of fused-ring (bicyclic) bond motifs is 2. The maximum atomic E-state index is 13.7. The molecule has 1 aliphatic heterocycles. The highest BCUT2D eigenvalue weighted by Crippen LogP contribution is 2.26. The van der Waals surface area contributed by atoms with Crippen LogP contribution in [0.15, 0.2) is 100 Å². The van der Waals surface area contributed by atoms with E-state index in [0.717, 1.165) is 26.5 Å². The first kappa shape index (κ1) is 24.5. The van der Waals surface area contributed by atoms with E-state index < -0.39 is 0 Å². The Bertz CT molecular complexity index is 1700. The van der Waals surface area contributed by atoms with Crippen LogP contribution in [0.5, 0.6) is 0 Å². The SMILES string of the molecule is CC(c1nc2ccccc2c(=O)n1-c1ccc(Br)cc1)N1CCN(C(=O)c2cccc3ccccc23)CC1. The van der Waals surface area contributed by atoms with Crippen molar-refractivity contribution in [1.29, 1.82) is 0 Å². The monoisotopic (exact) mass is 566 g/mol. The molecule has 0 bridgehead atoms. The Morgan fingerprint density at radius 1 is 0.816 bits per heavy atom. The molecule has 0 spiro atoms. The number of nitrogens with zero attached hydrogens (tertiary/aromatic N) is 4. The molecular formula is C31H27BrN4O2. The van der Waals surface area contributed by atoms with Crippen molar-refractivity contribution in [2.75, 3.05) is 26.2 Å². The average molecular weight is 567 g/mol. The molecule has 5 aromatic rings. The number of amides is 1. The molecule has 6 rings (SSSR count). The summed E-state index contributed by atoms with van der Waals surface area (Å²) >= 11 is 3.49. The highest BCUT2D eigenvalue weighted by atomic mass is 79.9. The van der Waals surface area contributed by atoms with Gasteiger partial charge < -0.3 is 4.90 Å². The summed E-state index contributed by atoms with van der Waals surface area (Å²) in [6.07, 6.45) is 0. The van der Waals surface area contributed by atoms with Crippen molar-refractivity contribution in [2.24, 2.45) is 0 Å². The lowest BCUT2D eigenvalue weighted by Gasteiger charge is -2.38. The smallest absolute Gasteiger partial charge is 0.266 e. The van der Waals surface area contributed by atoms with Gasteiger partial charge in [-0.2, -0.15) is 0 Å². The minimum absolute atomic E-state index is 0.0599. The molecule has 0 N–H and O–H groups in total. The summed E-state index contributed by atoms with van der Waals surface area (Å²) in [6.45, 7) is 4.71. The minimum atomic E-state index is -0.120. The van der Waals surface area contributed by atoms with Crippen molar-refractivity contribution in [3.8, 4) is 5.69 Å². The van der Waals surface area contributed by atoms with E-state index in [9.17, 15) is 9.59 Å². The van der Waals surface area contributed by atoms with Gasteiger partial charge in [-0.25, -0.2) is 4.98 Å². The van der Waals surface area contributed by atoms with Gasteiger partial charge in [0.2, 0.25) is 0 Å². The van der Waals surface area contributed by atoms with Gasteiger partial charge >= 0.3 is 0 Å². The van der Waals surface area contributed by atoms with Crippen LogP contribution in [0, 0.1) is 0 Å². The van der Waals surface area contributed by atoms with Gasteiger partial charge in [0.15, 0.2) is 0 Å². The molecule has 38 heavy (non-hydrogen) atoms. The minimum Gasteiger partial charge on any atom is -0.336 e. The molecule has 1 aromatic heterocycles. The fourth-order valence-corrected chi connectivity index (χ4v) is 5.59. The van der Waals surface area contributed by atoms with Gasteiger partial charge in [0.25, 0.3) is 11.5 Å². The molecule has 1 aliphatic rings. The second-order valence-corrected chi connectivity index (χ2v) is 10.6. The first-order valence-electron chi connectivity index (χ1n) is 12.8. The van der Waals surface area contributed by atoms with Crippen LogP contribution in [-0.4, -0.2) is 51.4 Å². The standard InChI is InChI=1S/C31H27BrN4O2/c1-21(29-33-28-12-5-4-10-27(28)31(38)36(29)24-15-13-23(32)14-16-24)34-17-19-35(20-18-34)30(37)26-11-6-8-22-7-2-3-9-25(22)26/h2-16,21H,17-20H2,1H3. The van der Waals surface area contributed by atoms with Crippen LogP contribution < -0.4 is 5.56 Å². The Hall–Kier alpha value is -3.81. The predicted molar refractivity (Wildman–Crippen MR) is 155 cm³/mol. The van der Waals surface area contributed by atoms with Crippen LogP contribution in [0.3, 0.4) is 0 Å². The number of hydrogen-bond donors (Lipinski definition) is 0. The lowest BCUT2D eigenvalue weighted by Crippen LogP contribution is -2.50. The van der Waals surface area contributed by atoms with E-state index >= 15 is 0 Å². The molecule has 6 nitrogen and oxygen atoms in total. The molecular weight excluding hydrogens is 540 g/mol. The van der Waals surface area contributed by atoms with Crippen molar-refractivity contribution >= 4 is 43.5 Å². The highest BCUT2D eigenvalue weighted by molar-refractivity contribution is 9.10.